The summed E-state index contributed by atoms with van der Waals surface area (Å²) in [5, 5.41) is 5.97. The molecule has 132 valence electrons. The van der Waals surface area contributed by atoms with Crippen molar-refractivity contribution in [2.45, 2.75) is 77.7 Å². The van der Waals surface area contributed by atoms with Crippen LogP contribution in [0.3, 0.4) is 0 Å². The van der Waals surface area contributed by atoms with Gasteiger partial charge in [-0.25, -0.2) is 0 Å². The molecule has 0 radical (unpaired) electrons. The van der Waals surface area contributed by atoms with Gasteiger partial charge in [0.25, 0.3) is 0 Å². The molecule has 1 heterocycles. The molecule has 5 nitrogen and oxygen atoms in total. The minimum absolute atomic E-state index is 0.0605. The van der Waals surface area contributed by atoms with Crippen LogP contribution in [0.1, 0.15) is 71.6 Å². The number of carbonyl (C=O) groups is 3. The molecule has 5 heteroatoms. The largest absolute Gasteiger partial charge is 0.353 e. The first kappa shape index (κ1) is 17.2. The lowest BCUT2D eigenvalue weighted by molar-refractivity contribution is -0.131. The van der Waals surface area contributed by atoms with Gasteiger partial charge in [0.15, 0.2) is 5.78 Å². The Kier molecular flexibility index (Phi) is 4.79. The standard InChI is InChI=1S/C19H28N2O3/c1-19(2)10-15-14(16(22)11-19)8-12(18(24)21-15)9-17(23)20-13-6-4-3-5-7-13/h12-13H,3-11H2,1-2H3,(H,20,23)(H,21,24). The molecule has 0 aromatic rings. The number of allylic oxidation sites excluding steroid dienone is 2. The van der Waals surface area contributed by atoms with Crippen molar-refractivity contribution in [1.29, 1.82) is 0 Å². The minimum atomic E-state index is -0.419. The zero-order valence-electron chi connectivity index (χ0n) is 14.7. The van der Waals surface area contributed by atoms with E-state index in [1.807, 2.05) is 13.8 Å². The van der Waals surface area contributed by atoms with E-state index in [1.54, 1.807) is 0 Å². The number of amides is 2. The van der Waals surface area contributed by atoms with Crippen LogP contribution < -0.4 is 10.6 Å². The second-order valence-electron chi connectivity index (χ2n) is 8.39. The Hall–Kier alpha value is -1.65. The SMILES string of the molecule is CC1(C)CC(=O)C2=C(C1)NC(=O)C(CC(=O)NC1CCCCC1)C2. The molecule has 1 atom stereocenters. The Morgan fingerprint density at radius 3 is 2.58 bits per heavy atom. The fraction of sp³-hybridized carbons (Fsp3) is 0.737. The molecule has 0 spiro atoms. The molecule has 0 aromatic heterocycles. The summed E-state index contributed by atoms with van der Waals surface area (Å²) in [4.78, 5) is 37.0. The molecule has 1 unspecified atom stereocenters. The Labute approximate surface area is 143 Å². The van der Waals surface area contributed by atoms with Crippen molar-refractivity contribution in [3.05, 3.63) is 11.3 Å². The lowest BCUT2D eigenvalue weighted by Crippen LogP contribution is -2.44. The van der Waals surface area contributed by atoms with Crippen LogP contribution in [-0.2, 0) is 14.4 Å². The third-order valence-corrected chi connectivity index (χ3v) is 5.49. The third-order valence-electron chi connectivity index (χ3n) is 5.49. The first-order chi connectivity index (χ1) is 11.3. The Morgan fingerprint density at radius 2 is 1.88 bits per heavy atom. The zero-order chi connectivity index (χ0) is 17.3. The van der Waals surface area contributed by atoms with Crippen molar-refractivity contribution in [3.63, 3.8) is 0 Å². The van der Waals surface area contributed by atoms with E-state index in [1.165, 1.54) is 6.42 Å². The number of carbonyl (C=O) groups excluding carboxylic acids is 3. The topological polar surface area (TPSA) is 75.3 Å². The summed E-state index contributed by atoms with van der Waals surface area (Å²) in [5.41, 5.74) is 1.42. The van der Waals surface area contributed by atoms with Gasteiger partial charge in [0, 0.05) is 30.2 Å². The maximum Gasteiger partial charge on any atom is 0.228 e. The predicted octanol–water partition coefficient (Wildman–Crippen LogP) is 2.60. The molecule has 0 saturated heterocycles. The first-order valence-electron chi connectivity index (χ1n) is 9.19. The summed E-state index contributed by atoms with van der Waals surface area (Å²) < 4.78 is 0. The summed E-state index contributed by atoms with van der Waals surface area (Å²) in [7, 11) is 0. The van der Waals surface area contributed by atoms with E-state index in [0.29, 0.717) is 12.8 Å². The van der Waals surface area contributed by atoms with Gasteiger partial charge in [-0.15, -0.1) is 0 Å². The normalized spacial score (nSPS) is 27.5. The fourth-order valence-electron chi connectivity index (χ4n) is 4.23. The molecule has 2 N–H and O–H groups in total. The molecule has 1 fully saturated rings. The quantitative estimate of drug-likeness (QED) is 0.834. The molecule has 0 bridgehead atoms. The number of rotatable bonds is 3. The van der Waals surface area contributed by atoms with E-state index < -0.39 is 5.92 Å². The van der Waals surface area contributed by atoms with E-state index in [4.69, 9.17) is 0 Å². The van der Waals surface area contributed by atoms with Crippen LogP contribution in [0.2, 0.25) is 0 Å². The average Bonchev–Trinajstić information content (AvgIpc) is 2.48. The van der Waals surface area contributed by atoms with Crippen LogP contribution in [0.5, 0.6) is 0 Å². The molecular formula is C19H28N2O3. The summed E-state index contributed by atoms with van der Waals surface area (Å²) in [6, 6.07) is 0.254. The van der Waals surface area contributed by atoms with Crippen LogP contribution >= 0.6 is 0 Å². The number of hydrogen-bond donors (Lipinski definition) is 2. The second kappa shape index (κ2) is 6.69. The van der Waals surface area contributed by atoms with Gasteiger partial charge in [-0.2, -0.15) is 0 Å². The van der Waals surface area contributed by atoms with E-state index in [0.717, 1.165) is 43.4 Å². The van der Waals surface area contributed by atoms with Gasteiger partial charge in [0.2, 0.25) is 11.8 Å². The molecule has 1 saturated carbocycles. The van der Waals surface area contributed by atoms with Gasteiger partial charge in [0.05, 0.1) is 5.92 Å². The number of hydrogen-bond acceptors (Lipinski definition) is 3. The van der Waals surface area contributed by atoms with Crippen LogP contribution in [0, 0.1) is 11.3 Å². The van der Waals surface area contributed by atoms with Gasteiger partial charge >= 0.3 is 0 Å². The maximum absolute atomic E-state index is 12.4. The number of Topliss-reactive ketones (excluding diaryl/α,β-unsaturated/α-hetero) is 1. The van der Waals surface area contributed by atoms with E-state index in [-0.39, 0.29) is 35.5 Å². The lowest BCUT2D eigenvalue weighted by atomic mass is 9.72. The summed E-state index contributed by atoms with van der Waals surface area (Å²) in [6.45, 7) is 4.09. The molecule has 24 heavy (non-hydrogen) atoms. The molecule has 0 aromatic carbocycles. The predicted molar refractivity (Wildman–Crippen MR) is 90.9 cm³/mol. The van der Waals surface area contributed by atoms with Crippen LogP contribution in [0.25, 0.3) is 0 Å². The first-order valence-corrected chi connectivity index (χ1v) is 9.19. The van der Waals surface area contributed by atoms with Crippen molar-refractivity contribution in [2.24, 2.45) is 11.3 Å². The third kappa shape index (κ3) is 3.87. The van der Waals surface area contributed by atoms with Gasteiger partial charge in [-0.1, -0.05) is 33.1 Å². The monoisotopic (exact) mass is 332 g/mol. The minimum Gasteiger partial charge on any atom is -0.353 e. The maximum atomic E-state index is 12.4. The Bertz CT molecular complexity index is 585. The highest BCUT2D eigenvalue weighted by molar-refractivity contribution is 6.01. The molecule has 1 aliphatic heterocycles. The van der Waals surface area contributed by atoms with Crippen molar-refractivity contribution < 1.29 is 14.4 Å². The van der Waals surface area contributed by atoms with E-state index in [9.17, 15) is 14.4 Å². The second-order valence-corrected chi connectivity index (χ2v) is 8.39. The molecule has 2 amide bonds. The van der Waals surface area contributed by atoms with Crippen LogP contribution in [0.15, 0.2) is 11.3 Å². The van der Waals surface area contributed by atoms with Crippen LogP contribution in [0.4, 0.5) is 0 Å². The molecule has 3 rings (SSSR count). The average molecular weight is 332 g/mol. The zero-order valence-corrected chi connectivity index (χ0v) is 14.7. The summed E-state index contributed by atoms with van der Waals surface area (Å²) >= 11 is 0. The van der Waals surface area contributed by atoms with Gasteiger partial charge in [-0.05, 0) is 31.1 Å². The summed E-state index contributed by atoms with van der Waals surface area (Å²) in [5.74, 6) is -0.468. The van der Waals surface area contributed by atoms with Crippen molar-refractivity contribution in [1.82, 2.24) is 10.6 Å². The molecule has 3 aliphatic rings. The fourth-order valence-corrected chi connectivity index (χ4v) is 4.23. The number of ketones is 1. The van der Waals surface area contributed by atoms with Crippen molar-refractivity contribution >= 4 is 17.6 Å². The molecular weight excluding hydrogens is 304 g/mol. The summed E-state index contributed by atoms with van der Waals surface area (Å²) in [6.07, 6.45) is 7.46. The van der Waals surface area contributed by atoms with E-state index >= 15 is 0 Å². The Balaban J connectivity index is 1.61. The molecule has 2 aliphatic carbocycles. The highest BCUT2D eigenvalue weighted by Crippen LogP contribution is 2.40. The van der Waals surface area contributed by atoms with E-state index in [2.05, 4.69) is 10.6 Å². The lowest BCUT2D eigenvalue weighted by Gasteiger charge is -2.36. The Morgan fingerprint density at radius 1 is 1.17 bits per heavy atom. The van der Waals surface area contributed by atoms with Gasteiger partial charge in [0.1, 0.15) is 0 Å². The van der Waals surface area contributed by atoms with Crippen LogP contribution in [-0.4, -0.2) is 23.6 Å². The van der Waals surface area contributed by atoms with Gasteiger partial charge in [-0.3, -0.25) is 14.4 Å². The highest BCUT2D eigenvalue weighted by Gasteiger charge is 2.39. The highest BCUT2D eigenvalue weighted by atomic mass is 16.2. The van der Waals surface area contributed by atoms with Crippen molar-refractivity contribution in [2.75, 3.05) is 0 Å². The van der Waals surface area contributed by atoms with Crippen molar-refractivity contribution in [3.8, 4) is 0 Å². The smallest absolute Gasteiger partial charge is 0.228 e. The van der Waals surface area contributed by atoms with Gasteiger partial charge < -0.3 is 10.6 Å². The number of nitrogens with one attached hydrogen (secondary N) is 2.